The first-order valence-corrected chi connectivity index (χ1v) is 13.9. The Labute approximate surface area is 205 Å². The van der Waals surface area contributed by atoms with Gasteiger partial charge in [0.05, 0.1) is 12.3 Å². The van der Waals surface area contributed by atoms with E-state index in [1.807, 2.05) is 0 Å². The fraction of sp³-hybridized carbons (Fsp3) is 0.913. The minimum absolute atomic E-state index is 0.0647. The van der Waals surface area contributed by atoms with E-state index in [-0.39, 0.29) is 36.3 Å². The predicted octanol–water partition coefficient (Wildman–Crippen LogP) is 1.75. The normalized spacial score (nSPS) is 36.8. The van der Waals surface area contributed by atoms with Crippen LogP contribution in [0, 0.1) is 17.8 Å². The number of hydroxylamine groups is 1. The molecular formula is C23H41BrN6O3. The molecule has 9 nitrogen and oxygen atoms in total. The van der Waals surface area contributed by atoms with Gasteiger partial charge in [0.1, 0.15) is 6.23 Å². The van der Waals surface area contributed by atoms with Crippen LogP contribution in [0.1, 0.15) is 77.0 Å². The summed E-state index contributed by atoms with van der Waals surface area (Å²) in [4.78, 5) is 30.6. The number of hydrazine groups is 1. The molecule has 0 aromatic heterocycles. The summed E-state index contributed by atoms with van der Waals surface area (Å²) >= 11 is 3.72. The van der Waals surface area contributed by atoms with Gasteiger partial charge in [-0.3, -0.25) is 25.2 Å². The summed E-state index contributed by atoms with van der Waals surface area (Å²) in [5, 5.41) is 10.00. The molecule has 4 aliphatic rings. The maximum atomic E-state index is 12.2. The first-order chi connectivity index (χ1) is 16.1. The lowest BCUT2D eigenvalue weighted by Gasteiger charge is -2.41. The Bertz CT molecular complexity index is 648. The molecular weight excluding hydrogens is 488 g/mol. The Morgan fingerprint density at radius 3 is 2.76 bits per heavy atom. The molecule has 0 spiro atoms. The fourth-order valence-electron chi connectivity index (χ4n) is 5.77. The van der Waals surface area contributed by atoms with Crippen molar-refractivity contribution in [3.8, 4) is 0 Å². The minimum atomic E-state index is -0.106. The quantitative estimate of drug-likeness (QED) is 0.189. The van der Waals surface area contributed by atoms with Crippen LogP contribution in [0.25, 0.3) is 0 Å². The van der Waals surface area contributed by atoms with E-state index in [9.17, 15) is 9.59 Å². The summed E-state index contributed by atoms with van der Waals surface area (Å²) < 4.78 is 0. The third kappa shape index (κ3) is 7.60. The van der Waals surface area contributed by atoms with Gasteiger partial charge in [0.2, 0.25) is 11.8 Å². The molecule has 0 aromatic carbocycles. The maximum Gasteiger partial charge on any atom is 0.237 e. The van der Waals surface area contributed by atoms with E-state index in [2.05, 4.69) is 48.2 Å². The molecule has 2 amide bonds. The van der Waals surface area contributed by atoms with Crippen LogP contribution in [0.2, 0.25) is 0 Å². The van der Waals surface area contributed by atoms with Gasteiger partial charge in [-0.1, -0.05) is 28.8 Å². The number of fused-ring (bicyclic) bond motifs is 1. The van der Waals surface area contributed by atoms with Crippen LogP contribution >= 0.6 is 15.9 Å². The van der Waals surface area contributed by atoms with Crippen molar-refractivity contribution in [3.63, 3.8) is 0 Å². The number of carbonyl (C=O) groups is 2. The minimum Gasteiger partial charge on any atom is -0.356 e. The van der Waals surface area contributed by atoms with Crippen LogP contribution in [0.15, 0.2) is 0 Å². The molecule has 5 unspecified atom stereocenters. The molecule has 2 aliphatic carbocycles. The zero-order valence-electron chi connectivity index (χ0n) is 19.5. The first-order valence-electron chi connectivity index (χ1n) is 12.9. The average molecular weight is 530 g/mol. The topological polar surface area (TPSA) is 116 Å². The number of hydrogen-bond acceptors (Lipinski definition) is 7. The summed E-state index contributed by atoms with van der Waals surface area (Å²) in [7, 11) is 0. The van der Waals surface area contributed by atoms with Gasteiger partial charge in [-0.05, 0) is 70.3 Å². The zero-order valence-corrected chi connectivity index (χ0v) is 21.1. The third-order valence-corrected chi connectivity index (χ3v) is 8.61. The highest BCUT2D eigenvalue weighted by Crippen LogP contribution is 2.33. The standard InChI is InChI=1S/C23H41BrN6O3/c24-16-8-6-15(7-9-16)14-19-27-21(33-30-19)11-10-20(31)25-12-3-13-26-22-17-4-1-2-5-18(17)23(32)29-28-22/h15-19,21-22,26-28,30H,1-14H2,(H,25,31)(H,29,32). The number of halogens is 1. The summed E-state index contributed by atoms with van der Waals surface area (Å²) in [6.07, 6.45) is 12.7. The fourth-order valence-corrected chi connectivity index (χ4v) is 6.29. The van der Waals surface area contributed by atoms with Crippen LogP contribution in [0.5, 0.6) is 0 Å². The van der Waals surface area contributed by atoms with E-state index < -0.39 is 0 Å². The molecule has 2 saturated heterocycles. The number of alkyl halides is 1. The van der Waals surface area contributed by atoms with Gasteiger partial charge in [-0.2, -0.15) is 5.48 Å². The van der Waals surface area contributed by atoms with Crippen molar-refractivity contribution in [2.75, 3.05) is 13.1 Å². The van der Waals surface area contributed by atoms with Gasteiger partial charge in [-0.25, -0.2) is 5.43 Å². The van der Waals surface area contributed by atoms with Crippen molar-refractivity contribution < 1.29 is 14.4 Å². The summed E-state index contributed by atoms with van der Waals surface area (Å²) in [5.74, 6) is 1.43. The van der Waals surface area contributed by atoms with Gasteiger partial charge in [0.25, 0.3) is 0 Å². The van der Waals surface area contributed by atoms with Gasteiger partial charge >= 0.3 is 0 Å². The van der Waals surface area contributed by atoms with Gasteiger partial charge < -0.3 is 10.6 Å². The first kappa shape index (κ1) is 25.3. The molecule has 0 aromatic rings. The molecule has 2 heterocycles. The van der Waals surface area contributed by atoms with E-state index >= 15 is 0 Å². The van der Waals surface area contributed by atoms with Crippen LogP contribution in [0.3, 0.4) is 0 Å². The Morgan fingerprint density at radius 2 is 1.91 bits per heavy atom. The molecule has 33 heavy (non-hydrogen) atoms. The smallest absolute Gasteiger partial charge is 0.237 e. The number of carbonyl (C=O) groups excluding carboxylic acids is 2. The predicted molar refractivity (Wildman–Crippen MR) is 130 cm³/mol. The summed E-state index contributed by atoms with van der Waals surface area (Å²) in [6.45, 7) is 1.45. The molecule has 0 bridgehead atoms. The van der Waals surface area contributed by atoms with Crippen LogP contribution in [0.4, 0.5) is 0 Å². The Hall–Kier alpha value is -0.780. The lowest BCUT2D eigenvalue weighted by molar-refractivity contribution is -0.134. The van der Waals surface area contributed by atoms with Crippen molar-refractivity contribution in [3.05, 3.63) is 0 Å². The second-order valence-corrected chi connectivity index (χ2v) is 11.5. The molecule has 10 heteroatoms. The lowest BCUT2D eigenvalue weighted by Crippen LogP contribution is -2.64. The molecule has 4 fully saturated rings. The maximum absolute atomic E-state index is 12.2. The number of hydrogen-bond donors (Lipinski definition) is 6. The van der Waals surface area contributed by atoms with E-state index in [1.165, 1.54) is 32.1 Å². The van der Waals surface area contributed by atoms with E-state index in [0.29, 0.717) is 30.1 Å². The molecule has 6 N–H and O–H groups in total. The van der Waals surface area contributed by atoms with Crippen LogP contribution in [-0.2, 0) is 14.4 Å². The highest BCUT2D eigenvalue weighted by Gasteiger charge is 2.39. The molecule has 188 valence electrons. The Balaban J connectivity index is 1.03. The van der Waals surface area contributed by atoms with E-state index in [0.717, 1.165) is 44.6 Å². The van der Waals surface area contributed by atoms with Crippen molar-refractivity contribution in [1.29, 1.82) is 0 Å². The highest BCUT2D eigenvalue weighted by molar-refractivity contribution is 9.09. The lowest BCUT2D eigenvalue weighted by atomic mass is 9.76. The zero-order chi connectivity index (χ0) is 23.0. The molecule has 0 radical (unpaired) electrons. The van der Waals surface area contributed by atoms with Crippen molar-refractivity contribution >= 4 is 27.7 Å². The third-order valence-electron chi connectivity index (χ3n) is 7.69. The second-order valence-electron chi connectivity index (χ2n) is 10.2. The Morgan fingerprint density at radius 1 is 1.09 bits per heavy atom. The second kappa shape index (κ2) is 12.8. The van der Waals surface area contributed by atoms with E-state index in [4.69, 9.17) is 4.84 Å². The van der Waals surface area contributed by atoms with Gasteiger partial charge in [-0.15, -0.1) is 0 Å². The van der Waals surface area contributed by atoms with Crippen molar-refractivity contribution in [2.24, 2.45) is 17.8 Å². The molecule has 4 rings (SSSR count). The average Bonchev–Trinajstić information content (AvgIpc) is 3.28. The molecule has 2 aliphatic heterocycles. The molecule has 5 atom stereocenters. The van der Waals surface area contributed by atoms with Crippen LogP contribution in [-0.4, -0.2) is 48.3 Å². The SMILES string of the molecule is O=C(CCC1NC(CC2CCC(Br)CC2)NO1)NCCCNC1NNC(=O)C2CCCCC12. The van der Waals surface area contributed by atoms with Crippen LogP contribution < -0.4 is 32.3 Å². The largest absolute Gasteiger partial charge is 0.356 e. The molecule has 2 saturated carbocycles. The summed E-state index contributed by atoms with van der Waals surface area (Å²) in [5.41, 5.74) is 9.05. The van der Waals surface area contributed by atoms with Crippen molar-refractivity contribution in [1.82, 2.24) is 32.3 Å². The number of rotatable bonds is 10. The summed E-state index contributed by atoms with van der Waals surface area (Å²) in [6, 6.07) is 0. The van der Waals surface area contributed by atoms with E-state index in [1.54, 1.807) is 0 Å². The van der Waals surface area contributed by atoms with Gasteiger partial charge in [0.15, 0.2) is 0 Å². The Kier molecular flexibility index (Phi) is 9.81. The number of amides is 2. The highest BCUT2D eigenvalue weighted by atomic mass is 79.9. The van der Waals surface area contributed by atoms with Crippen molar-refractivity contribution in [2.45, 2.75) is 100 Å². The van der Waals surface area contributed by atoms with Gasteiger partial charge in [0, 0.05) is 29.6 Å². The monoisotopic (exact) mass is 528 g/mol. The number of nitrogens with one attached hydrogen (secondary N) is 6.